The minimum atomic E-state index is -1.11. The molecule has 0 aromatic carbocycles. The van der Waals surface area contributed by atoms with E-state index in [1.807, 2.05) is 0 Å². The monoisotopic (exact) mass is 249 g/mol. The second kappa shape index (κ2) is 7.94. The number of hydrogen-bond acceptors (Lipinski definition) is 5. The van der Waals surface area contributed by atoms with Crippen molar-refractivity contribution < 1.29 is 19.5 Å². The van der Waals surface area contributed by atoms with Crippen molar-refractivity contribution in [2.24, 2.45) is 5.73 Å². The number of carbonyl (C=O) groups is 3. The number of rotatable bonds is 6. The number of nitrogens with one attached hydrogen (secondary N) is 2. The van der Waals surface area contributed by atoms with Gasteiger partial charge in [0.1, 0.15) is 6.04 Å². The third-order valence-corrected chi connectivity index (χ3v) is 2.50. The van der Waals surface area contributed by atoms with Crippen molar-refractivity contribution in [2.45, 2.75) is 13.0 Å². The Bertz CT molecular complexity index is 272. The van der Waals surface area contributed by atoms with Crippen LogP contribution in [0.4, 0.5) is 4.79 Å². The van der Waals surface area contributed by atoms with Gasteiger partial charge in [-0.15, -0.1) is 11.8 Å². The molecule has 0 aliphatic carbocycles. The fraction of sp³-hybridized carbons (Fsp3) is 0.625. The predicted molar refractivity (Wildman–Crippen MR) is 60.2 cm³/mol. The van der Waals surface area contributed by atoms with E-state index in [1.165, 1.54) is 0 Å². The zero-order chi connectivity index (χ0) is 12.6. The number of thioether (sulfide) groups is 1. The zero-order valence-electron chi connectivity index (χ0n) is 8.86. The van der Waals surface area contributed by atoms with Crippen molar-refractivity contribution >= 4 is 29.7 Å². The number of carboxylic acid groups (broad SMARTS) is 1. The quantitative estimate of drug-likeness (QED) is 0.478. The summed E-state index contributed by atoms with van der Waals surface area (Å²) in [5, 5.41) is 12.9. The van der Waals surface area contributed by atoms with Crippen molar-refractivity contribution in [1.82, 2.24) is 10.6 Å². The molecule has 0 heterocycles. The summed E-state index contributed by atoms with van der Waals surface area (Å²) in [5.41, 5.74) is 5.22. The largest absolute Gasteiger partial charge is 0.480 e. The van der Waals surface area contributed by atoms with E-state index in [4.69, 9.17) is 10.8 Å². The van der Waals surface area contributed by atoms with Crippen LogP contribution >= 0.6 is 11.8 Å². The van der Waals surface area contributed by atoms with Gasteiger partial charge in [0.05, 0.1) is 5.75 Å². The molecule has 5 N–H and O–H groups in total. The molecule has 0 rings (SSSR count). The van der Waals surface area contributed by atoms with E-state index < -0.39 is 23.9 Å². The first kappa shape index (κ1) is 14.7. The number of carboxylic acids is 1. The number of aliphatic carboxylic acids is 1. The molecule has 0 aliphatic heterocycles. The van der Waals surface area contributed by atoms with Crippen LogP contribution in [-0.4, -0.2) is 47.1 Å². The van der Waals surface area contributed by atoms with Crippen molar-refractivity contribution in [3.05, 3.63) is 0 Å². The summed E-state index contributed by atoms with van der Waals surface area (Å²) >= 11 is 1.06. The van der Waals surface area contributed by atoms with Gasteiger partial charge in [0.15, 0.2) is 0 Å². The maximum absolute atomic E-state index is 11.1. The van der Waals surface area contributed by atoms with E-state index in [9.17, 15) is 14.4 Å². The molecular formula is C8H15N3O4S. The molecule has 1 unspecified atom stereocenters. The minimum Gasteiger partial charge on any atom is -0.480 e. The Kier molecular flexibility index (Phi) is 7.31. The highest BCUT2D eigenvalue weighted by atomic mass is 32.2. The van der Waals surface area contributed by atoms with Gasteiger partial charge in [0, 0.05) is 12.3 Å². The van der Waals surface area contributed by atoms with Gasteiger partial charge in [-0.3, -0.25) is 14.9 Å². The maximum atomic E-state index is 11.1. The minimum absolute atomic E-state index is 0.00187. The number of amides is 3. The number of nitrogens with two attached hydrogens (primary N) is 1. The van der Waals surface area contributed by atoms with Crippen molar-refractivity contribution in [3.8, 4) is 0 Å². The standard InChI is InChI=1S/C8H15N3O4S/c1-2-10-8(15)11-6(12)4-16-3-5(9)7(13)14/h5H,2-4,9H2,1H3,(H,13,14)(H2,10,11,12,15). The van der Waals surface area contributed by atoms with Gasteiger partial charge < -0.3 is 16.2 Å². The van der Waals surface area contributed by atoms with E-state index in [0.717, 1.165) is 11.8 Å². The first-order valence-electron chi connectivity index (χ1n) is 4.61. The molecule has 0 fully saturated rings. The Hall–Kier alpha value is -1.28. The molecule has 92 valence electrons. The van der Waals surface area contributed by atoms with E-state index in [-0.39, 0.29) is 11.5 Å². The second-order valence-electron chi connectivity index (χ2n) is 2.87. The first-order chi connectivity index (χ1) is 7.47. The highest BCUT2D eigenvalue weighted by molar-refractivity contribution is 8.00. The highest BCUT2D eigenvalue weighted by Crippen LogP contribution is 2.01. The van der Waals surface area contributed by atoms with Gasteiger partial charge in [-0.25, -0.2) is 4.79 Å². The summed E-state index contributed by atoms with van der Waals surface area (Å²) in [6, 6.07) is -1.56. The lowest BCUT2D eigenvalue weighted by Gasteiger charge is -2.06. The Morgan fingerprint density at radius 2 is 2.06 bits per heavy atom. The molecule has 0 spiro atoms. The van der Waals surface area contributed by atoms with Crippen LogP contribution in [0.1, 0.15) is 6.92 Å². The zero-order valence-corrected chi connectivity index (χ0v) is 9.67. The van der Waals surface area contributed by atoms with Gasteiger partial charge in [-0.2, -0.15) is 0 Å². The Labute approximate surface area is 97.1 Å². The Morgan fingerprint density at radius 1 is 1.44 bits per heavy atom. The third kappa shape index (κ3) is 7.07. The molecule has 0 aromatic rings. The molecule has 0 aromatic heterocycles. The van der Waals surface area contributed by atoms with E-state index in [2.05, 4.69) is 10.6 Å². The van der Waals surface area contributed by atoms with Crippen LogP contribution in [0.2, 0.25) is 0 Å². The number of hydrogen-bond donors (Lipinski definition) is 4. The fourth-order valence-corrected chi connectivity index (χ4v) is 1.49. The molecule has 0 saturated carbocycles. The van der Waals surface area contributed by atoms with Crippen molar-refractivity contribution in [2.75, 3.05) is 18.1 Å². The lowest BCUT2D eigenvalue weighted by atomic mass is 10.4. The van der Waals surface area contributed by atoms with Crippen molar-refractivity contribution in [1.29, 1.82) is 0 Å². The highest BCUT2D eigenvalue weighted by Gasteiger charge is 2.13. The van der Waals surface area contributed by atoms with Crippen LogP contribution in [0.15, 0.2) is 0 Å². The summed E-state index contributed by atoms with van der Waals surface area (Å²) in [6.45, 7) is 2.15. The summed E-state index contributed by atoms with van der Waals surface area (Å²) < 4.78 is 0. The summed E-state index contributed by atoms with van der Waals surface area (Å²) in [5.74, 6) is -1.47. The van der Waals surface area contributed by atoms with Gasteiger partial charge in [0.25, 0.3) is 0 Å². The second-order valence-corrected chi connectivity index (χ2v) is 3.90. The van der Waals surface area contributed by atoms with Gasteiger partial charge in [-0.05, 0) is 6.92 Å². The number of urea groups is 1. The van der Waals surface area contributed by atoms with E-state index in [0.29, 0.717) is 6.54 Å². The average molecular weight is 249 g/mol. The SMILES string of the molecule is CCNC(=O)NC(=O)CSCC(N)C(=O)O. The molecule has 1 atom stereocenters. The van der Waals surface area contributed by atoms with Crippen LogP contribution in [0.3, 0.4) is 0 Å². The van der Waals surface area contributed by atoms with Crippen LogP contribution in [-0.2, 0) is 9.59 Å². The maximum Gasteiger partial charge on any atom is 0.321 e. The van der Waals surface area contributed by atoms with Gasteiger partial charge >= 0.3 is 12.0 Å². The number of carbonyl (C=O) groups excluding carboxylic acids is 2. The topological polar surface area (TPSA) is 122 Å². The normalized spacial score (nSPS) is 11.6. The third-order valence-electron chi connectivity index (χ3n) is 1.44. The lowest BCUT2D eigenvalue weighted by molar-refractivity contribution is -0.138. The summed E-state index contributed by atoms with van der Waals surface area (Å²) in [7, 11) is 0. The predicted octanol–water partition coefficient (Wildman–Crippen LogP) is -1.02. The molecule has 7 nitrogen and oxygen atoms in total. The Morgan fingerprint density at radius 3 is 2.56 bits per heavy atom. The first-order valence-corrected chi connectivity index (χ1v) is 5.76. The smallest absolute Gasteiger partial charge is 0.321 e. The fourth-order valence-electron chi connectivity index (χ4n) is 0.717. The lowest BCUT2D eigenvalue weighted by Crippen LogP contribution is -2.40. The van der Waals surface area contributed by atoms with E-state index in [1.54, 1.807) is 6.92 Å². The van der Waals surface area contributed by atoms with Crippen LogP contribution < -0.4 is 16.4 Å². The Balaban J connectivity index is 3.66. The van der Waals surface area contributed by atoms with Crippen molar-refractivity contribution in [3.63, 3.8) is 0 Å². The molecule has 0 radical (unpaired) electrons. The molecule has 3 amide bonds. The molecular weight excluding hydrogens is 234 g/mol. The molecule has 16 heavy (non-hydrogen) atoms. The van der Waals surface area contributed by atoms with E-state index >= 15 is 0 Å². The summed E-state index contributed by atoms with van der Waals surface area (Å²) in [6.07, 6.45) is 0. The average Bonchev–Trinajstić information content (AvgIpc) is 2.17. The van der Waals surface area contributed by atoms with Gasteiger partial charge in [0.2, 0.25) is 5.91 Å². The van der Waals surface area contributed by atoms with Crippen LogP contribution in [0, 0.1) is 0 Å². The molecule has 0 saturated heterocycles. The van der Waals surface area contributed by atoms with Gasteiger partial charge in [-0.1, -0.05) is 0 Å². The summed E-state index contributed by atoms with van der Waals surface area (Å²) in [4.78, 5) is 32.3. The van der Waals surface area contributed by atoms with Crippen LogP contribution in [0.25, 0.3) is 0 Å². The molecule has 8 heteroatoms. The molecule has 0 aliphatic rings. The van der Waals surface area contributed by atoms with Crippen LogP contribution in [0.5, 0.6) is 0 Å². The molecule has 0 bridgehead atoms. The number of imide groups is 1.